The summed E-state index contributed by atoms with van der Waals surface area (Å²) in [6.45, 7) is 7.37. The van der Waals surface area contributed by atoms with E-state index in [0.29, 0.717) is 43.2 Å². The molecule has 4 amide bonds. The molecule has 0 spiro atoms. The van der Waals surface area contributed by atoms with Crippen molar-refractivity contribution in [2.45, 2.75) is 26.7 Å². The Balaban J connectivity index is 1.52. The Labute approximate surface area is 182 Å². The summed E-state index contributed by atoms with van der Waals surface area (Å²) >= 11 is 0. The Morgan fingerprint density at radius 3 is 2.10 bits per heavy atom. The van der Waals surface area contributed by atoms with Crippen molar-refractivity contribution in [1.82, 2.24) is 14.7 Å². The van der Waals surface area contributed by atoms with Gasteiger partial charge in [-0.05, 0) is 49.2 Å². The average Bonchev–Trinajstić information content (AvgIpc) is 3.33. The molecule has 0 aliphatic carbocycles. The molecular formula is C23H30N4O4. The first kappa shape index (κ1) is 22.4. The molecule has 0 saturated carbocycles. The van der Waals surface area contributed by atoms with Gasteiger partial charge >= 0.3 is 6.03 Å². The number of amides is 4. The SMILES string of the molecule is CCCN(CCC)C(=O)c1ccc(NC(=O)N2CCN(C(=O)c3ccco3)CC2)cc1. The summed E-state index contributed by atoms with van der Waals surface area (Å²) in [6.07, 6.45) is 3.31. The van der Waals surface area contributed by atoms with Gasteiger partial charge in [0.1, 0.15) is 0 Å². The van der Waals surface area contributed by atoms with Crippen molar-refractivity contribution in [1.29, 1.82) is 0 Å². The minimum Gasteiger partial charge on any atom is -0.459 e. The van der Waals surface area contributed by atoms with Crippen molar-refractivity contribution in [2.24, 2.45) is 0 Å². The second-order valence-corrected chi connectivity index (χ2v) is 7.56. The first-order valence-electron chi connectivity index (χ1n) is 10.8. The third-order valence-corrected chi connectivity index (χ3v) is 5.24. The van der Waals surface area contributed by atoms with Crippen LogP contribution in [0.2, 0.25) is 0 Å². The van der Waals surface area contributed by atoms with Crippen LogP contribution in [0.5, 0.6) is 0 Å². The molecule has 1 saturated heterocycles. The smallest absolute Gasteiger partial charge is 0.321 e. The van der Waals surface area contributed by atoms with E-state index in [9.17, 15) is 14.4 Å². The van der Waals surface area contributed by atoms with Crippen LogP contribution < -0.4 is 5.32 Å². The summed E-state index contributed by atoms with van der Waals surface area (Å²) in [6, 6.07) is 10.1. The van der Waals surface area contributed by atoms with Crippen LogP contribution in [-0.4, -0.2) is 71.8 Å². The number of furan rings is 1. The summed E-state index contributed by atoms with van der Waals surface area (Å²) in [5.41, 5.74) is 1.25. The number of piperazine rings is 1. The van der Waals surface area contributed by atoms with E-state index in [4.69, 9.17) is 4.42 Å². The highest BCUT2D eigenvalue weighted by atomic mass is 16.3. The zero-order valence-electron chi connectivity index (χ0n) is 18.2. The van der Waals surface area contributed by atoms with Gasteiger partial charge in [-0.1, -0.05) is 13.8 Å². The standard InChI is InChI=1S/C23H30N4O4/c1-3-11-25(12-4-2)21(28)18-7-9-19(10-8-18)24-23(30)27-15-13-26(14-16-27)22(29)20-6-5-17-31-20/h5-10,17H,3-4,11-16H2,1-2H3,(H,24,30). The van der Waals surface area contributed by atoms with Gasteiger partial charge < -0.3 is 24.4 Å². The largest absolute Gasteiger partial charge is 0.459 e. The Morgan fingerprint density at radius 1 is 0.935 bits per heavy atom. The Morgan fingerprint density at radius 2 is 1.55 bits per heavy atom. The normalized spacial score (nSPS) is 13.7. The van der Waals surface area contributed by atoms with Crippen molar-refractivity contribution in [2.75, 3.05) is 44.6 Å². The molecule has 1 aliphatic heterocycles. The van der Waals surface area contributed by atoms with E-state index < -0.39 is 0 Å². The lowest BCUT2D eigenvalue weighted by atomic mass is 10.1. The number of nitrogens with zero attached hydrogens (tertiary/aromatic N) is 3. The highest BCUT2D eigenvalue weighted by Gasteiger charge is 2.26. The number of hydrogen-bond donors (Lipinski definition) is 1. The van der Waals surface area contributed by atoms with Crippen molar-refractivity contribution < 1.29 is 18.8 Å². The van der Waals surface area contributed by atoms with Crippen LogP contribution in [0.4, 0.5) is 10.5 Å². The van der Waals surface area contributed by atoms with Crippen LogP contribution in [0.25, 0.3) is 0 Å². The molecule has 31 heavy (non-hydrogen) atoms. The third-order valence-electron chi connectivity index (χ3n) is 5.24. The summed E-state index contributed by atoms with van der Waals surface area (Å²) in [5.74, 6) is 0.161. The molecule has 166 valence electrons. The topological polar surface area (TPSA) is 86.1 Å². The summed E-state index contributed by atoms with van der Waals surface area (Å²) in [7, 11) is 0. The number of carbonyl (C=O) groups excluding carboxylic acids is 3. The minimum absolute atomic E-state index is 0.0129. The maximum atomic E-state index is 12.7. The number of urea groups is 1. The molecule has 1 aromatic carbocycles. The van der Waals surface area contributed by atoms with Crippen LogP contribution >= 0.6 is 0 Å². The van der Waals surface area contributed by atoms with E-state index in [1.54, 1.807) is 46.2 Å². The highest BCUT2D eigenvalue weighted by molar-refractivity contribution is 5.96. The van der Waals surface area contributed by atoms with Gasteiger partial charge in [-0.15, -0.1) is 0 Å². The number of anilines is 1. The summed E-state index contributed by atoms with van der Waals surface area (Å²) < 4.78 is 5.16. The van der Waals surface area contributed by atoms with Crippen molar-refractivity contribution in [3.63, 3.8) is 0 Å². The van der Waals surface area contributed by atoms with E-state index >= 15 is 0 Å². The Kier molecular flexibility index (Phi) is 7.70. The zero-order chi connectivity index (χ0) is 22.2. The fourth-order valence-corrected chi connectivity index (χ4v) is 3.60. The van der Waals surface area contributed by atoms with E-state index in [-0.39, 0.29) is 17.8 Å². The van der Waals surface area contributed by atoms with Crippen LogP contribution in [0.3, 0.4) is 0 Å². The molecule has 0 radical (unpaired) electrons. The van der Waals surface area contributed by atoms with Crippen LogP contribution in [-0.2, 0) is 0 Å². The quantitative estimate of drug-likeness (QED) is 0.734. The number of hydrogen-bond acceptors (Lipinski definition) is 4. The molecule has 2 aromatic rings. The van der Waals surface area contributed by atoms with E-state index in [1.807, 2.05) is 4.90 Å². The number of carbonyl (C=O) groups is 3. The molecule has 1 aliphatic rings. The first-order valence-corrected chi connectivity index (χ1v) is 10.8. The lowest BCUT2D eigenvalue weighted by molar-refractivity contribution is 0.0640. The highest BCUT2D eigenvalue weighted by Crippen LogP contribution is 2.15. The first-order chi connectivity index (χ1) is 15.0. The monoisotopic (exact) mass is 426 g/mol. The molecule has 8 nitrogen and oxygen atoms in total. The molecule has 3 rings (SSSR count). The van der Waals surface area contributed by atoms with E-state index in [1.165, 1.54) is 6.26 Å². The van der Waals surface area contributed by atoms with Crippen LogP contribution in [0, 0.1) is 0 Å². The van der Waals surface area contributed by atoms with Gasteiger partial charge in [-0.3, -0.25) is 9.59 Å². The molecule has 1 N–H and O–H groups in total. The van der Waals surface area contributed by atoms with Gasteiger partial charge in [0, 0.05) is 50.5 Å². The Bertz CT molecular complexity index is 865. The van der Waals surface area contributed by atoms with Crippen molar-refractivity contribution >= 4 is 23.5 Å². The molecule has 1 aromatic heterocycles. The maximum absolute atomic E-state index is 12.7. The second kappa shape index (κ2) is 10.7. The van der Waals surface area contributed by atoms with Gasteiger partial charge in [0.2, 0.25) is 0 Å². The maximum Gasteiger partial charge on any atom is 0.321 e. The van der Waals surface area contributed by atoms with Gasteiger partial charge in [0.05, 0.1) is 6.26 Å². The minimum atomic E-state index is -0.220. The molecule has 0 bridgehead atoms. The predicted octanol–water partition coefficient (Wildman–Crippen LogP) is 3.53. The second-order valence-electron chi connectivity index (χ2n) is 7.56. The number of nitrogens with one attached hydrogen (secondary N) is 1. The fraction of sp³-hybridized carbons (Fsp3) is 0.435. The fourth-order valence-electron chi connectivity index (χ4n) is 3.60. The van der Waals surface area contributed by atoms with Crippen LogP contribution in [0.15, 0.2) is 47.1 Å². The van der Waals surface area contributed by atoms with Gasteiger partial charge in [-0.2, -0.15) is 0 Å². The van der Waals surface area contributed by atoms with Crippen molar-refractivity contribution in [3.05, 3.63) is 54.0 Å². The van der Waals surface area contributed by atoms with E-state index in [2.05, 4.69) is 19.2 Å². The summed E-state index contributed by atoms with van der Waals surface area (Å²) in [4.78, 5) is 42.8. The van der Waals surface area contributed by atoms with Gasteiger partial charge in [-0.25, -0.2) is 4.79 Å². The zero-order valence-corrected chi connectivity index (χ0v) is 18.2. The van der Waals surface area contributed by atoms with Crippen LogP contribution in [0.1, 0.15) is 47.6 Å². The molecular weight excluding hydrogens is 396 g/mol. The summed E-state index contributed by atoms with van der Waals surface area (Å²) in [5, 5.41) is 2.87. The molecule has 0 atom stereocenters. The lowest BCUT2D eigenvalue weighted by Gasteiger charge is -2.34. The molecule has 2 heterocycles. The van der Waals surface area contributed by atoms with E-state index in [0.717, 1.165) is 25.9 Å². The lowest BCUT2D eigenvalue weighted by Crippen LogP contribution is -2.51. The average molecular weight is 427 g/mol. The number of rotatable bonds is 7. The Hall–Kier alpha value is -3.29. The molecule has 0 unspecified atom stereocenters. The van der Waals surface area contributed by atoms with Gasteiger partial charge in [0.25, 0.3) is 11.8 Å². The van der Waals surface area contributed by atoms with Crippen molar-refractivity contribution in [3.8, 4) is 0 Å². The number of benzene rings is 1. The predicted molar refractivity (Wildman–Crippen MR) is 118 cm³/mol. The van der Waals surface area contributed by atoms with Gasteiger partial charge in [0.15, 0.2) is 5.76 Å². The molecule has 1 fully saturated rings. The molecule has 8 heteroatoms. The third kappa shape index (κ3) is 5.65.